The molecule has 1 rings (SSSR count). The van der Waals surface area contributed by atoms with Crippen LogP contribution in [-0.4, -0.2) is 26.6 Å². The zero-order valence-corrected chi connectivity index (χ0v) is 14.9. The third-order valence-electron chi connectivity index (χ3n) is 3.27. The molecule has 4 nitrogen and oxygen atoms in total. The molecule has 0 bridgehead atoms. The van der Waals surface area contributed by atoms with E-state index in [0.717, 1.165) is 18.4 Å². The second kappa shape index (κ2) is 7.27. The number of Topliss-reactive ketones (excluding diaryl/α,β-unsaturated/α-hetero) is 1. The average molecular weight is 326 g/mol. The van der Waals surface area contributed by atoms with Gasteiger partial charge in [-0.05, 0) is 36.5 Å². The van der Waals surface area contributed by atoms with Gasteiger partial charge in [-0.1, -0.05) is 40.2 Å². The van der Waals surface area contributed by atoms with Crippen LogP contribution in [0.25, 0.3) is 0 Å². The fourth-order valence-corrected chi connectivity index (χ4v) is 3.38. The Morgan fingerprint density at radius 3 is 2.36 bits per heavy atom. The van der Waals surface area contributed by atoms with Crippen molar-refractivity contribution in [2.45, 2.75) is 57.8 Å². The van der Waals surface area contributed by atoms with Gasteiger partial charge in [0.2, 0.25) is 0 Å². The number of carbonyl (C=O) groups is 1. The number of sulfone groups is 1. The fraction of sp³-hybridized carbons (Fsp3) is 0.588. The molecule has 1 aromatic rings. The number of ether oxygens (including phenoxy) is 1. The summed E-state index contributed by atoms with van der Waals surface area (Å²) in [6.07, 6.45) is 1.92. The molecule has 5 heteroatoms. The molecule has 124 valence electrons. The van der Waals surface area contributed by atoms with Crippen LogP contribution < -0.4 is 4.74 Å². The van der Waals surface area contributed by atoms with E-state index in [-0.39, 0.29) is 16.1 Å². The summed E-state index contributed by atoms with van der Waals surface area (Å²) in [6.45, 7) is 10.1. The Hall–Kier alpha value is -1.36. The molecular formula is C17H26O4S. The zero-order chi connectivity index (χ0) is 17.0. The Bertz CT molecular complexity index is 625. The first-order valence-electron chi connectivity index (χ1n) is 7.57. The highest BCUT2D eigenvalue weighted by atomic mass is 32.2. The smallest absolute Gasteiger partial charge is 0.185 e. The molecule has 0 radical (unpaired) electrons. The number of hydrogen-bond donors (Lipinski definition) is 0. The molecule has 0 N–H and O–H groups in total. The van der Waals surface area contributed by atoms with E-state index >= 15 is 0 Å². The summed E-state index contributed by atoms with van der Waals surface area (Å²) >= 11 is 0. The highest BCUT2D eigenvalue weighted by molar-refractivity contribution is 7.92. The van der Waals surface area contributed by atoms with Gasteiger partial charge in [-0.3, -0.25) is 4.79 Å². The Morgan fingerprint density at radius 2 is 1.86 bits per heavy atom. The maximum absolute atomic E-state index is 12.2. The first-order valence-corrected chi connectivity index (χ1v) is 9.22. The Labute approximate surface area is 133 Å². The maximum Gasteiger partial charge on any atom is 0.185 e. The number of unbranched alkanes of at least 4 members (excludes halogenated alkanes) is 1. The summed E-state index contributed by atoms with van der Waals surface area (Å²) in [4.78, 5) is 11.3. The number of benzene rings is 1. The van der Waals surface area contributed by atoms with Crippen molar-refractivity contribution >= 4 is 15.6 Å². The lowest BCUT2D eigenvalue weighted by atomic mass is 9.86. The van der Waals surface area contributed by atoms with Crippen LogP contribution >= 0.6 is 0 Å². The van der Waals surface area contributed by atoms with Crippen LogP contribution in [-0.2, 0) is 20.0 Å². The number of ketones is 1. The largest absolute Gasteiger partial charge is 0.493 e. The van der Waals surface area contributed by atoms with E-state index in [2.05, 4.69) is 27.7 Å². The minimum Gasteiger partial charge on any atom is -0.493 e. The summed E-state index contributed by atoms with van der Waals surface area (Å²) in [5.41, 5.74) is 0.815. The fourth-order valence-electron chi connectivity index (χ4n) is 2.11. The van der Waals surface area contributed by atoms with Gasteiger partial charge in [0.05, 0.1) is 11.5 Å². The van der Waals surface area contributed by atoms with Crippen molar-refractivity contribution in [2.75, 3.05) is 12.4 Å². The molecule has 0 saturated heterocycles. The van der Waals surface area contributed by atoms with Crippen molar-refractivity contribution in [1.29, 1.82) is 0 Å². The molecule has 0 aliphatic heterocycles. The third kappa shape index (κ3) is 5.13. The molecule has 0 spiro atoms. The normalized spacial score (nSPS) is 12.2. The molecule has 22 heavy (non-hydrogen) atoms. The molecule has 0 unspecified atom stereocenters. The van der Waals surface area contributed by atoms with E-state index in [9.17, 15) is 13.2 Å². The van der Waals surface area contributed by atoms with Crippen LogP contribution in [0.2, 0.25) is 0 Å². The number of carbonyl (C=O) groups excluding carboxylic acids is 1. The second-order valence-electron chi connectivity index (χ2n) is 6.57. The van der Waals surface area contributed by atoms with Crippen LogP contribution in [0.5, 0.6) is 5.75 Å². The molecule has 0 aliphatic carbocycles. The van der Waals surface area contributed by atoms with E-state index < -0.39 is 15.6 Å². The van der Waals surface area contributed by atoms with E-state index in [0.29, 0.717) is 12.4 Å². The van der Waals surface area contributed by atoms with Crippen molar-refractivity contribution < 1.29 is 17.9 Å². The number of hydrogen-bond acceptors (Lipinski definition) is 4. The lowest BCUT2D eigenvalue weighted by Gasteiger charge is -2.23. The van der Waals surface area contributed by atoms with E-state index in [4.69, 9.17) is 4.74 Å². The molecular weight excluding hydrogens is 300 g/mol. The first kappa shape index (κ1) is 18.7. The van der Waals surface area contributed by atoms with E-state index in [1.54, 1.807) is 18.2 Å². The standard InChI is InChI=1S/C17H26O4S/c1-6-7-10-21-16-11-14(22(19,20)12-13(2)18)8-9-15(16)17(3,4)5/h8-9,11H,6-7,10,12H2,1-5H3. The predicted octanol–water partition coefficient (Wildman–Crippen LogP) is 3.53. The van der Waals surface area contributed by atoms with Crippen LogP contribution in [0.3, 0.4) is 0 Å². The molecule has 0 fully saturated rings. The summed E-state index contributed by atoms with van der Waals surface area (Å²) < 4.78 is 30.2. The minimum atomic E-state index is -3.60. The van der Waals surface area contributed by atoms with Crippen molar-refractivity contribution in [1.82, 2.24) is 0 Å². The van der Waals surface area contributed by atoms with Gasteiger partial charge in [0.25, 0.3) is 0 Å². The topological polar surface area (TPSA) is 60.4 Å². The van der Waals surface area contributed by atoms with Gasteiger partial charge in [0.1, 0.15) is 17.3 Å². The zero-order valence-electron chi connectivity index (χ0n) is 14.1. The molecule has 0 atom stereocenters. The lowest BCUT2D eigenvalue weighted by molar-refractivity contribution is -0.114. The summed E-state index contributed by atoms with van der Waals surface area (Å²) in [7, 11) is -3.60. The highest BCUT2D eigenvalue weighted by Crippen LogP contribution is 2.33. The SMILES string of the molecule is CCCCOc1cc(S(=O)(=O)CC(C)=O)ccc1C(C)(C)C. The highest BCUT2D eigenvalue weighted by Gasteiger charge is 2.23. The third-order valence-corrected chi connectivity index (χ3v) is 5.03. The Balaban J connectivity index is 3.24. The Morgan fingerprint density at radius 1 is 1.23 bits per heavy atom. The van der Waals surface area contributed by atoms with Crippen molar-refractivity contribution in [3.63, 3.8) is 0 Å². The van der Waals surface area contributed by atoms with Gasteiger partial charge in [0, 0.05) is 0 Å². The predicted molar refractivity (Wildman–Crippen MR) is 88.3 cm³/mol. The molecule has 1 aromatic carbocycles. The summed E-state index contributed by atoms with van der Waals surface area (Å²) in [6, 6.07) is 4.90. The lowest BCUT2D eigenvalue weighted by Crippen LogP contribution is -2.17. The molecule has 0 heterocycles. The van der Waals surface area contributed by atoms with Gasteiger partial charge in [0.15, 0.2) is 9.84 Å². The van der Waals surface area contributed by atoms with E-state index in [1.807, 2.05) is 0 Å². The van der Waals surface area contributed by atoms with Gasteiger partial charge in [-0.2, -0.15) is 0 Å². The summed E-state index contributed by atoms with van der Waals surface area (Å²) in [5.74, 6) is -0.255. The van der Waals surface area contributed by atoms with Crippen LogP contribution in [0, 0.1) is 0 Å². The van der Waals surface area contributed by atoms with Crippen molar-refractivity contribution in [3.05, 3.63) is 23.8 Å². The molecule has 0 aliphatic rings. The van der Waals surface area contributed by atoms with Crippen LogP contribution in [0.4, 0.5) is 0 Å². The van der Waals surface area contributed by atoms with Crippen molar-refractivity contribution in [2.24, 2.45) is 0 Å². The Kier molecular flexibility index (Phi) is 6.17. The quantitative estimate of drug-likeness (QED) is 0.719. The van der Waals surface area contributed by atoms with Gasteiger partial charge in [-0.15, -0.1) is 0 Å². The molecule has 0 aromatic heterocycles. The van der Waals surface area contributed by atoms with Gasteiger partial charge in [-0.25, -0.2) is 8.42 Å². The minimum absolute atomic E-state index is 0.141. The maximum atomic E-state index is 12.2. The van der Waals surface area contributed by atoms with Crippen LogP contribution in [0.15, 0.2) is 23.1 Å². The second-order valence-corrected chi connectivity index (χ2v) is 8.56. The van der Waals surface area contributed by atoms with Crippen LogP contribution in [0.1, 0.15) is 53.0 Å². The average Bonchev–Trinajstić information content (AvgIpc) is 2.36. The number of rotatable bonds is 7. The first-order chi connectivity index (χ1) is 10.1. The van der Waals surface area contributed by atoms with E-state index in [1.165, 1.54) is 6.92 Å². The van der Waals surface area contributed by atoms with Gasteiger partial charge >= 0.3 is 0 Å². The monoisotopic (exact) mass is 326 g/mol. The summed E-state index contributed by atoms with van der Waals surface area (Å²) in [5, 5.41) is 0. The molecule has 0 amide bonds. The van der Waals surface area contributed by atoms with Crippen molar-refractivity contribution in [3.8, 4) is 5.75 Å². The molecule has 0 saturated carbocycles. The van der Waals surface area contributed by atoms with Gasteiger partial charge < -0.3 is 4.74 Å².